The molecule has 2 aliphatic rings. The lowest BCUT2D eigenvalue weighted by Gasteiger charge is -2.33. The number of fused-ring (bicyclic) bond motifs is 1. The van der Waals surface area contributed by atoms with Gasteiger partial charge in [0.1, 0.15) is 24.3 Å². The van der Waals surface area contributed by atoms with Crippen molar-refractivity contribution in [3.05, 3.63) is 107 Å². The van der Waals surface area contributed by atoms with E-state index in [1.807, 2.05) is 26.0 Å². The van der Waals surface area contributed by atoms with Crippen LogP contribution >= 0.6 is 0 Å². The highest BCUT2D eigenvalue weighted by molar-refractivity contribution is 7.89. The average molecular weight is 722 g/mol. The van der Waals surface area contributed by atoms with Gasteiger partial charge < -0.3 is 28.1 Å². The minimum Gasteiger partial charge on any atom is -0.489 e. The predicted octanol–water partition coefficient (Wildman–Crippen LogP) is 6.39. The number of furan rings is 1. The molecule has 51 heavy (non-hydrogen) atoms. The minimum atomic E-state index is -4.04. The summed E-state index contributed by atoms with van der Waals surface area (Å²) in [5.74, 6) is 1.59. The standard InChI is InChI=1S/C36H39N3O11S/c1-24(2)19-37(51(43,44)30-13-14-32-33(18-30)48-23-47-32)20-34-31(38(36(3,4)50-34)35(40)49-29-15-16-45-22-29)17-25-7-11-28(12-8-25)46-21-26-5-9-27(10-6-26)39(41)42/h5-16,18,22,24,31,34H,17,19-21,23H2,1-4H3/t31-,34+/m0/s1. The SMILES string of the molecule is CC(C)CN(C[C@H]1OC(C)(C)N(C(=O)Oc2ccoc2)[C@H]1Cc1ccc(OCc2ccc([N+](=O)[O-])cc2)cc1)S(=O)(=O)c1ccc2c(c1)OCO2. The van der Waals surface area contributed by atoms with Gasteiger partial charge in [0.2, 0.25) is 16.8 Å². The van der Waals surface area contributed by atoms with Crippen molar-refractivity contribution >= 4 is 21.8 Å². The molecule has 0 aliphatic carbocycles. The van der Waals surface area contributed by atoms with E-state index in [1.54, 1.807) is 44.2 Å². The van der Waals surface area contributed by atoms with Crippen LogP contribution in [0.1, 0.15) is 38.8 Å². The van der Waals surface area contributed by atoms with Crippen molar-refractivity contribution in [2.75, 3.05) is 19.9 Å². The van der Waals surface area contributed by atoms with Crippen molar-refractivity contribution in [2.24, 2.45) is 5.92 Å². The lowest BCUT2D eigenvalue weighted by atomic mass is 10.00. The Bertz CT molecular complexity index is 1950. The summed E-state index contributed by atoms with van der Waals surface area (Å²) in [5, 5.41) is 11.0. The summed E-state index contributed by atoms with van der Waals surface area (Å²) in [5.41, 5.74) is 0.437. The Kier molecular flexibility index (Phi) is 10.2. The van der Waals surface area contributed by atoms with E-state index in [1.165, 1.54) is 52.1 Å². The smallest absolute Gasteiger partial charge is 0.417 e. The van der Waals surface area contributed by atoms with E-state index in [2.05, 4.69) is 0 Å². The van der Waals surface area contributed by atoms with E-state index in [9.17, 15) is 23.3 Å². The van der Waals surface area contributed by atoms with Gasteiger partial charge in [-0.25, -0.2) is 13.2 Å². The Labute approximate surface area is 295 Å². The van der Waals surface area contributed by atoms with Crippen LogP contribution in [-0.4, -0.2) is 66.4 Å². The summed E-state index contributed by atoms with van der Waals surface area (Å²) in [7, 11) is -4.04. The third-order valence-electron chi connectivity index (χ3n) is 8.53. The normalized spacial score (nSPS) is 18.0. The first-order chi connectivity index (χ1) is 24.3. The quantitative estimate of drug-likeness (QED) is 0.111. The van der Waals surface area contributed by atoms with Crippen LogP contribution < -0.4 is 18.9 Å². The van der Waals surface area contributed by atoms with Gasteiger partial charge in [-0.1, -0.05) is 26.0 Å². The second-order valence-corrected chi connectivity index (χ2v) is 15.1. The van der Waals surface area contributed by atoms with Crippen LogP contribution in [0, 0.1) is 16.0 Å². The number of non-ortho nitro benzene ring substituents is 1. The van der Waals surface area contributed by atoms with Crippen LogP contribution in [0.3, 0.4) is 0 Å². The number of nitrogens with zero attached hydrogens (tertiary/aromatic N) is 3. The molecule has 1 aromatic heterocycles. The number of benzene rings is 3. The molecular weight excluding hydrogens is 682 g/mol. The Balaban J connectivity index is 1.25. The summed E-state index contributed by atoms with van der Waals surface area (Å²) in [6.45, 7) is 7.72. The minimum absolute atomic E-state index is 0.000949. The van der Waals surface area contributed by atoms with E-state index < -0.39 is 38.9 Å². The van der Waals surface area contributed by atoms with Crippen LogP contribution in [0.4, 0.5) is 10.5 Å². The molecule has 3 aromatic carbocycles. The molecule has 6 rings (SSSR count). The molecule has 3 heterocycles. The Morgan fingerprint density at radius 2 is 1.71 bits per heavy atom. The Morgan fingerprint density at radius 1 is 1.00 bits per heavy atom. The zero-order chi connectivity index (χ0) is 36.3. The van der Waals surface area contributed by atoms with Crippen LogP contribution in [0.15, 0.2) is 94.6 Å². The Hall–Kier alpha value is -5.12. The molecule has 2 atom stereocenters. The van der Waals surface area contributed by atoms with Gasteiger partial charge >= 0.3 is 6.09 Å². The molecule has 0 N–H and O–H groups in total. The van der Waals surface area contributed by atoms with Crippen molar-refractivity contribution in [3.8, 4) is 23.0 Å². The number of carbonyl (C=O) groups excluding carboxylic acids is 1. The van der Waals surface area contributed by atoms with Gasteiger partial charge in [0.15, 0.2) is 17.2 Å². The lowest BCUT2D eigenvalue weighted by molar-refractivity contribution is -0.384. The van der Waals surface area contributed by atoms with E-state index in [4.69, 9.17) is 28.1 Å². The molecule has 0 unspecified atom stereocenters. The molecule has 1 saturated heterocycles. The summed E-state index contributed by atoms with van der Waals surface area (Å²) in [4.78, 5) is 25.8. The van der Waals surface area contributed by atoms with Crippen LogP contribution in [0.25, 0.3) is 0 Å². The van der Waals surface area contributed by atoms with Gasteiger partial charge in [0.05, 0.1) is 28.2 Å². The molecule has 4 aromatic rings. The first-order valence-electron chi connectivity index (χ1n) is 16.4. The zero-order valence-corrected chi connectivity index (χ0v) is 29.4. The Morgan fingerprint density at radius 3 is 2.37 bits per heavy atom. The molecule has 15 heteroatoms. The highest BCUT2D eigenvalue weighted by Gasteiger charge is 2.52. The molecule has 2 aliphatic heterocycles. The van der Waals surface area contributed by atoms with Crippen molar-refractivity contribution in [1.29, 1.82) is 0 Å². The second kappa shape index (κ2) is 14.6. The lowest BCUT2D eigenvalue weighted by Crippen LogP contribution is -2.51. The van der Waals surface area contributed by atoms with E-state index in [0.29, 0.717) is 23.7 Å². The number of nitro groups is 1. The maximum absolute atomic E-state index is 14.2. The second-order valence-electron chi connectivity index (χ2n) is 13.2. The van der Waals surface area contributed by atoms with Gasteiger partial charge in [0.25, 0.3) is 5.69 Å². The highest BCUT2D eigenvalue weighted by Crippen LogP contribution is 2.38. The monoisotopic (exact) mass is 721 g/mol. The van der Waals surface area contributed by atoms with E-state index >= 15 is 0 Å². The fourth-order valence-corrected chi connectivity index (χ4v) is 7.81. The molecule has 1 fully saturated rings. The number of carbonyl (C=O) groups is 1. The average Bonchev–Trinajstić information content (AvgIpc) is 3.83. The summed E-state index contributed by atoms with van der Waals surface area (Å²) < 4.78 is 63.7. The van der Waals surface area contributed by atoms with Crippen molar-refractivity contribution < 1.29 is 46.2 Å². The number of rotatable bonds is 13. The number of amides is 1. The van der Waals surface area contributed by atoms with E-state index in [0.717, 1.165) is 11.1 Å². The van der Waals surface area contributed by atoms with Gasteiger partial charge in [-0.05, 0) is 73.7 Å². The number of hydrogen-bond donors (Lipinski definition) is 0. The van der Waals surface area contributed by atoms with Crippen molar-refractivity contribution in [2.45, 2.75) is 63.5 Å². The van der Waals surface area contributed by atoms with Gasteiger partial charge in [0, 0.05) is 37.4 Å². The first-order valence-corrected chi connectivity index (χ1v) is 17.8. The number of sulfonamides is 1. The predicted molar refractivity (Wildman–Crippen MR) is 183 cm³/mol. The molecule has 0 bridgehead atoms. The van der Waals surface area contributed by atoms with Gasteiger partial charge in [-0.15, -0.1) is 0 Å². The molecule has 0 radical (unpaired) electrons. The molecule has 0 saturated carbocycles. The third-order valence-corrected chi connectivity index (χ3v) is 10.4. The van der Waals surface area contributed by atoms with Crippen LogP contribution in [0.2, 0.25) is 0 Å². The van der Waals surface area contributed by atoms with Gasteiger partial charge in [-0.3, -0.25) is 15.0 Å². The van der Waals surface area contributed by atoms with Crippen molar-refractivity contribution in [3.63, 3.8) is 0 Å². The number of hydrogen-bond acceptors (Lipinski definition) is 11. The largest absolute Gasteiger partial charge is 0.489 e. The van der Waals surface area contributed by atoms with Crippen LogP contribution in [0.5, 0.6) is 23.0 Å². The fourth-order valence-electron chi connectivity index (χ4n) is 6.18. The van der Waals surface area contributed by atoms with Crippen LogP contribution in [-0.2, 0) is 27.8 Å². The number of ether oxygens (including phenoxy) is 5. The van der Waals surface area contributed by atoms with Gasteiger partial charge in [-0.2, -0.15) is 4.31 Å². The van der Waals surface area contributed by atoms with E-state index in [-0.39, 0.29) is 48.7 Å². The first kappa shape index (κ1) is 35.7. The summed E-state index contributed by atoms with van der Waals surface area (Å²) >= 11 is 0. The number of nitro benzene ring substituents is 1. The third kappa shape index (κ3) is 8.11. The zero-order valence-electron chi connectivity index (χ0n) is 28.6. The van der Waals surface area contributed by atoms with Crippen molar-refractivity contribution in [1.82, 2.24) is 9.21 Å². The highest BCUT2D eigenvalue weighted by atomic mass is 32.2. The molecular formula is C36H39N3O11S. The maximum Gasteiger partial charge on any atom is 0.417 e. The summed E-state index contributed by atoms with van der Waals surface area (Å²) in [6, 6.07) is 18.8. The summed E-state index contributed by atoms with van der Waals surface area (Å²) in [6.07, 6.45) is 1.58. The molecule has 270 valence electrons. The fraction of sp³-hybridized carbons (Fsp3) is 0.361. The topological polar surface area (TPSA) is 160 Å². The molecule has 1 amide bonds. The molecule has 0 spiro atoms. The maximum atomic E-state index is 14.2. The molecule has 14 nitrogen and oxygen atoms in total.